The van der Waals surface area contributed by atoms with Gasteiger partial charge < -0.3 is 9.64 Å². The molecule has 110 valence electrons. The fourth-order valence-electron chi connectivity index (χ4n) is 2.21. The molecule has 0 radical (unpaired) electrons. The van der Waals surface area contributed by atoms with Crippen LogP contribution in [0.15, 0.2) is 18.5 Å². The van der Waals surface area contributed by atoms with Gasteiger partial charge in [-0.05, 0) is 19.1 Å². The molecule has 0 spiro atoms. The van der Waals surface area contributed by atoms with Gasteiger partial charge in [0.25, 0.3) is 0 Å². The number of nitrogens with one attached hydrogen (secondary N) is 1. The Labute approximate surface area is 121 Å². The Kier molecular flexibility index (Phi) is 3.43. The van der Waals surface area contributed by atoms with Crippen molar-refractivity contribution < 1.29 is 9.53 Å². The van der Waals surface area contributed by atoms with Crippen LogP contribution in [0.2, 0.25) is 0 Å². The van der Waals surface area contributed by atoms with E-state index < -0.39 is 0 Å². The number of amides is 2. The second-order valence-electron chi connectivity index (χ2n) is 4.75. The zero-order valence-corrected chi connectivity index (χ0v) is 11.9. The van der Waals surface area contributed by atoms with Crippen LogP contribution in [-0.2, 0) is 13.1 Å². The van der Waals surface area contributed by atoms with E-state index in [1.807, 2.05) is 13.0 Å². The van der Waals surface area contributed by atoms with E-state index in [0.29, 0.717) is 31.2 Å². The van der Waals surface area contributed by atoms with E-state index in [0.717, 1.165) is 11.5 Å². The van der Waals surface area contributed by atoms with Gasteiger partial charge >= 0.3 is 6.03 Å². The first-order valence-electron chi connectivity index (χ1n) is 6.61. The molecule has 0 unspecified atom stereocenters. The van der Waals surface area contributed by atoms with Crippen molar-refractivity contribution in [2.75, 3.05) is 19.0 Å². The molecule has 2 amide bonds. The Bertz CT molecular complexity index is 668. The maximum Gasteiger partial charge on any atom is 0.323 e. The van der Waals surface area contributed by atoms with E-state index in [1.54, 1.807) is 22.8 Å². The molecule has 1 aliphatic heterocycles. The van der Waals surface area contributed by atoms with Crippen LogP contribution in [0.4, 0.5) is 10.6 Å². The van der Waals surface area contributed by atoms with Crippen molar-refractivity contribution in [1.29, 1.82) is 0 Å². The average Bonchev–Trinajstić information content (AvgIpc) is 2.94. The number of carbonyl (C=O) groups is 1. The summed E-state index contributed by atoms with van der Waals surface area (Å²) in [7, 11) is 1.55. The van der Waals surface area contributed by atoms with Gasteiger partial charge in [-0.15, -0.1) is 0 Å². The van der Waals surface area contributed by atoms with Crippen molar-refractivity contribution in [3.05, 3.63) is 30.0 Å². The number of anilines is 1. The molecule has 8 heteroatoms. The second kappa shape index (κ2) is 5.39. The molecule has 1 aliphatic rings. The first-order valence-corrected chi connectivity index (χ1v) is 6.61. The van der Waals surface area contributed by atoms with Crippen molar-refractivity contribution in [2.24, 2.45) is 0 Å². The Hall–Kier alpha value is -2.64. The van der Waals surface area contributed by atoms with Crippen molar-refractivity contribution >= 4 is 11.8 Å². The fourth-order valence-corrected chi connectivity index (χ4v) is 2.21. The number of nitrogens with zero attached hydrogens (tertiary/aromatic N) is 5. The van der Waals surface area contributed by atoms with Crippen LogP contribution in [0.3, 0.4) is 0 Å². The minimum Gasteiger partial charge on any atom is -0.493 e. The maximum absolute atomic E-state index is 12.3. The summed E-state index contributed by atoms with van der Waals surface area (Å²) in [6.45, 7) is 3.51. The summed E-state index contributed by atoms with van der Waals surface area (Å²) in [6.07, 6.45) is 1.50. The van der Waals surface area contributed by atoms with E-state index in [9.17, 15) is 4.79 Å². The van der Waals surface area contributed by atoms with Gasteiger partial charge in [0, 0.05) is 12.2 Å². The molecule has 21 heavy (non-hydrogen) atoms. The summed E-state index contributed by atoms with van der Waals surface area (Å²) in [5.74, 6) is 1.74. The minimum absolute atomic E-state index is 0.222. The number of hydrogen-bond donors (Lipinski definition) is 1. The quantitative estimate of drug-likeness (QED) is 0.892. The fraction of sp³-hybridized carbons (Fsp3) is 0.385. The highest BCUT2D eigenvalue weighted by Gasteiger charge is 2.23. The van der Waals surface area contributed by atoms with Crippen molar-refractivity contribution in [2.45, 2.75) is 20.0 Å². The van der Waals surface area contributed by atoms with E-state index >= 15 is 0 Å². The molecule has 0 bridgehead atoms. The van der Waals surface area contributed by atoms with Crippen molar-refractivity contribution in [3.63, 3.8) is 0 Å². The van der Waals surface area contributed by atoms with Crippen LogP contribution in [0.1, 0.15) is 11.5 Å². The summed E-state index contributed by atoms with van der Waals surface area (Å²) in [5.41, 5.74) is 0.810. The van der Waals surface area contributed by atoms with Crippen LogP contribution < -0.4 is 10.1 Å². The minimum atomic E-state index is -0.222. The van der Waals surface area contributed by atoms with Gasteiger partial charge in [0.1, 0.15) is 12.2 Å². The molecule has 8 nitrogen and oxygen atoms in total. The largest absolute Gasteiger partial charge is 0.493 e. The number of carbonyl (C=O) groups excluding carboxylic acids is 1. The van der Waals surface area contributed by atoms with Gasteiger partial charge in [0.05, 0.1) is 20.2 Å². The highest BCUT2D eigenvalue weighted by atomic mass is 16.5. The summed E-state index contributed by atoms with van der Waals surface area (Å²) < 4.78 is 7.01. The third-order valence-corrected chi connectivity index (χ3v) is 3.34. The maximum atomic E-state index is 12.3. The molecule has 0 aromatic carbocycles. The molecule has 2 aromatic heterocycles. The Morgan fingerprint density at radius 3 is 3.05 bits per heavy atom. The van der Waals surface area contributed by atoms with Gasteiger partial charge in [-0.2, -0.15) is 5.10 Å². The first kappa shape index (κ1) is 13.3. The normalized spacial score (nSPS) is 13.7. The molecule has 0 fully saturated rings. The number of ether oxygens (including phenoxy) is 1. The second-order valence-corrected chi connectivity index (χ2v) is 4.75. The molecule has 0 aliphatic carbocycles. The Morgan fingerprint density at radius 1 is 1.38 bits per heavy atom. The number of aryl methyl sites for hydroxylation is 1. The number of methoxy groups -OCH3 is 1. The molecule has 2 aromatic rings. The number of hydrogen-bond acceptors (Lipinski definition) is 5. The molecule has 3 rings (SSSR count). The third-order valence-electron chi connectivity index (χ3n) is 3.34. The zero-order chi connectivity index (χ0) is 14.8. The monoisotopic (exact) mass is 288 g/mol. The molecule has 1 N–H and O–H groups in total. The molecule has 0 saturated heterocycles. The van der Waals surface area contributed by atoms with E-state index in [2.05, 4.69) is 20.4 Å². The number of pyridine rings is 1. The number of rotatable bonds is 2. The zero-order valence-electron chi connectivity index (χ0n) is 11.9. The van der Waals surface area contributed by atoms with Gasteiger partial charge in [-0.1, -0.05) is 0 Å². The van der Waals surface area contributed by atoms with Crippen LogP contribution >= 0.6 is 0 Å². The van der Waals surface area contributed by atoms with E-state index in [4.69, 9.17) is 4.74 Å². The average molecular weight is 288 g/mol. The summed E-state index contributed by atoms with van der Waals surface area (Å²) >= 11 is 0. The van der Waals surface area contributed by atoms with Gasteiger partial charge in [0.15, 0.2) is 11.6 Å². The third kappa shape index (κ3) is 2.64. The van der Waals surface area contributed by atoms with E-state index in [-0.39, 0.29) is 6.03 Å². The molecule has 3 heterocycles. The van der Waals surface area contributed by atoms with Gasteiger partial charge in [-0.25, -0.2) is 19.4 Å². The molecular weight excluding hydrogens is 272 g/mol. The van der Waals surface area contributed by atoms with Crippen LogP contribution in [0.25, 0.3) is 0 Å². The first-order chi connectivity index (χ1) is 10.2. The highest BCUT2D eigenvalue weighted by Crippen LogP contribution is 2.22. The number of urea groups is 1. The van der Waals surface area contributed by atoms with Crippen LogP contribution in [0, 0.1) is 6.92 Å². The lowest BCUT2D eigenvalue weighted by atomic mass is 10.3. The smallest absolute Gasteiger partial charge is 0.323 e. The molecule has 0 atom stereocenters. The van der Waals surface area contributed by atoms with Crippen LogP contribution in [0.5, 0.6) is 5.75 Å². The molecular formula is C13H16N6O2. The van der Waals surface area contributed by atoms with Gasteiger partial charge in [0.2, 0.25) is 0 Å². The summed E-state index contributed by atoms with van der Waals surface area (Å²) in [4.78, 5) is 22.4. The van der Waals surface area contributed by atoms with Gasteiger partial charge in [-0.3, -0.25) is 5.32 Å². The predicted molar refractivity (Wildman–Crippen MR) is 75.0 cm³/mol. The lowest BCUT2D eigenvalue weighted by Crippen LogP contribution is -2.41. The lowest BCUT2D eigenvalue weighted by Gasteiger charge is -2.26. The molecule has 0 saturated carbocycles. The topological polar surface area (TPSA) is 85.2 Å². The lowest BCUT2D eigenvalue weighted by molar-refractivity contribution is 0.193. The van der Waals surface area contributed by atoms with Crippen molar-refractivity contribution in [1.82, 2.24) is 24.6 Å². The van der Waals surface area contributed by atoms with Crippen LogP contribution in [-0.4, -0.2) is 44.3 Å². The Balaban J connectivity index is 1.74. The highest BCUT2D eigenvalue weighted by molar-refractivity contribution is 5.89. The number of fused-ring (bicyclic) bond motifs is 1. The van der Waals surface area contributed by atoms with E-state index in [1.165, 1.54) is 6.33 Å². The SMILES string of the molecule is COc1ccc(C)nc1NC(=O)N1CCn2ncnc2C1. The number of aromatic nitrogens is 4. The predicted octanol–water partition coefficient (Wildman–Crippen LogP) is 1.04. The summed E-state index contributed by atoms with van der Waals surface area (Å²) in [5, 5.41) is 6.88. The Morgan fingerprint density at radius 2 is 2.24 bits per heavy atom. The summed E-state index contributed by atoms with van der Waals surface area (Å²) in [6, 6.07) is 3.39. The standard InChI is InChI=1S/C13H16N6O2/c1-9-3-4-10(21-2)12(16-9)17-13(20)18-5-6-19-11(7-18)14-8-15-19/h3-4,8H,5-7H2,1-2H3,(H,16,17,20). The van der Waals surface area contributed by atoms with Crippen molar-refractivity contribution in [3.8, 4) is 5.75 Å².